The Morgan fingerprint density at radius 1 is 1.06 bits per heavy atom. The lowest BCUT2D eigenvalue weighted by Gasteiger charge is -2.18. The zero-order valence-corrected chi connectivity index (χ0v) is 19.9. The maximum absolute atomic E-state index is 13.1. The van der Waals surface area contributed by atoms with E-state index in [9.17, 15) is 9.59 Å². The first-order chi connectivity index (χ1) is 17.0. The molecule has 9 heteroatoms. The van der Waals surface area contributed by atoms with Crippen LogP contribution in [0.25, 0.3) is 21.8 Å². The van der Waals surface area contributed by atoms with Crippen LogP contribution in [0.5, 0.6) is 0 Å². The highest BCUT2D eigenvalue weighted by molar-refractivity contribution is 6.27. The minimum atomic E-state index is -0.751. The summed E-state index contributed by atoms with van der Waals surface area (Å²) >= 11 is 5.66. The second kappa shape index (κ2) is 11.5. The quantitative estimate of drug-likeness (QED) is 0.117. The Balaban J connectivity index is 1.48. The van der Waals surface area contributed by atoms with Crippen LogP contribution in [0.4, 0.5) is 0 Å². The minimum Gasteiger partial charge on any atom is -0.386 e. The summed E-state index contributed by atoms with van der Waals surface area (Å²) < 4.78 is 0. The van der Waals surface area contributed by atoms with E-state index < -0.39 is 11.9 Å². The van der Waals surface area contributed by atoms with Crippen LogP contribution in [0.2, 0.25) is 0 Å². The Bertz CT molecular complexity index is 1350. The predicted molar refractivity (Wildman–Crippen MR) is 140 cm³/mol. The zero-order chi connectivity index (χ0) is 24.6. The number of aliphatic imine (C=N–C) groups is 1. The van der Waals surface area contributed by atoms with Crippen LogP contribution >= 0.6 is 11.6 Å². The van der Waals surface area contributed by atoms with E-state index in [1.54, 1.807) is 12.3 Å². The molecule has 4 aromatic rings. The Labute approximate surface area is 208 Å². The molecular weight excluding hydrogens is 464 g/mol. The Morgan fingerprint density at radius 2 is 1.83 bits per heavy atom. The number of para-hydroxylation sites is 1. The number of halogens is 1. The van der Waals surface area contributed by atoms with Crippen molar-refractivity contribution < 1.29 is 9.59 Å². The number of amidine groups is 1. The summed E-state index contributed by atoms with van der Waals surface area (Å²) in [4.78, 5) is 37.8. The third-order valence-electron chi connectivity index (χ3n) is 5.66. The molecule has 0 saturated heterocycles. The number of aromatic nitrogens is 2. The average Bonchev–Trinajstić information content (AvgIpc) is 3.27. The van der Waals surface area contributed by atoms with E-state index in [1.165, 1.54) is 0 Å². The fourth-order valence-electron chi connectivity index (χ4n) is 3.84. The molecule has 5 N–H and O–H groups in total. The lowest BCUT2D eigenvalue weighted by Crippen LogP contribution is -2.46. The van der Waals surface area contributed by atoms with Gasteiger partial charge in [0.25, 0.3) is 5.91 Å². The largest absolute Gasteiger partial charge is 0.386 e. The lowest BCUT2D eigenvalue weighted by molar-refractivity contribution is -0.123. The first-order valence-electron chi connectivity index (χ1n) is 11.4. The number of H-pyrrole nitrogens is 1. The number of alkyl halides is 1. The number of hydrogen-bond donors (Lipinski definition) is 4. The molecule has 2 aromatic carbocycles. The van der Waals surface area contributed by atoms with Crippen molar-refractivity contribution in [1.82, 2.24) is 20.6 Å². The lowest BCUT2D eigenvalue weighted by atomic mass is 10.1. The normalized spacial score (nSPS) is 12.5. The molecule has 0 unspecified atom stereocenters. The molecule has 8 nitrogen and oxygen atoms in total. The summed E-state index contributed by atoms with van der Waals surface area (Å²) in [5, 5.41) is 7.66. The molecule has 0 fully saturated rings. The maximum atomic E-state index is 13.1. The number of amides is 2. The number of fused-ring (bicyclic) bond motifs is 3. The molecule has 35 heavy (non-hydrogen) atoms. The summed E-state index contributed by atoms with van der Waals surface area (Å²) in [6.45, 7) is 0.777. The molecule has 2 aromatic heterocycles. The van der Waals surface area contributed by atoms with Crippen molar-refractivity contribution in [2.75, 3.05) is 12.4 Å². The molecule has 0 aliphatic heterocycles. The SMILES string of the molecule is NC(CCl)=NCCC[C@H](NC(=O)c1cc2c(cn1)[nH]c1ccccc12)C(=O)NCc1ccccc1. The summed E-state index contributed by atoms with van der Waals surface area (Å²) in [7, 11) is 0. The van der Waals surface area contributed by atoms with Crippen LogP contribution in [-0.4, -0.2) is 46.1 Å². The van der Waals surface area contributed by atoms with Gasteiger partial charge in [-0.15, -0.1) is 11.6 Å². The number of carbonyl (C=O) groups is 2. The van der Waals surface area contributed by atoms with Crippen LogP contribution in [0.1, 0.15) is 28.9 Å². The van der Waals surface area contributed by atoms with Gasteiger partial charge in [0.2, 0.25) is 5.91 Å². The average molecular weight is 491 g/mol. The number of nitrogens with zero attached hydrogens (tertiary/aromatic N) is 2. The first kappa shape index (κ1) is 24.2. The van der Waals surface area contributed by atoms with Gasteiger partial charge < -0.3 is 21.4 Å². The van der Waals surface area contributed by atoms with Crippen LogP contribution in [0.15, 0.2) is 71.9 Å². The molecule has 1 atom stereocenters. The van der Waals surface area contributed by atoms with Gasteiger partial charge in [-0.25, -0.2) is 4.98 Å². The molecule has 2 amide bonds. The third kappa shape index (κ3) is 6.16. The molecule has 2 heterocycles. The summed E-state index contributed by atoms with van der Waals surface area (Å²) in [5.41, 5.74) is 8.68. The fourth-order valence-corrected chi connectivity index (χ4v) is 3.93. The van der Waals surface area contributed by atoms with Gasteiger partial charge in [0.15, 0.2) is 0 Å². The van der Waals surface area contributed by atoms with Crippen LogP contribution in [-0.2, 0) is 11.3 Å². The molecular formula is C26H27ClN6O2. The molecule has 0 saturated carbocycles. The molecule has 180 valence electrons. The van der Waals surface area contributed by atoms with Crippen molar-refractivity contribution >= 4 is 51.1 Å². The number of nitrogens with one attached hydrogen (secondary N) is 3. The van der Waals surface area contributed by atoms with E-state index in [0.29, 0.717) is 31.8 Å². The maximum Gasteiger partial charge on any atom is 0.270 e. The standard InChI is InChI=1S/C26H27ClN6O2/c27-14-24(28)29-12-6-11-21(25(34)31-15-17-7-2-1-3-8-17)33-26(35)22-13-19-18-9-4-5-10-20(18)32-23(19)16-30-22/h1-5,7-10,13,16,21,32H,6,11-12,14-15H2,(H2,28,29)(H,31,34)(H,33,35)/t21-/m0/s1. The van der Waals surface area contributed by atoms with Gasteiger partial charge in [-0.3, -0.25) is 14.6 Å². The molecule has 0 spiro atoms. The van der Waals surface area contributed by atoms with Crippen molar-refractivity contribution in [2.24, 2.45) is 10.7 Å². The summed E-state index contributed by atoms with van der Waals surface area (Å²) in [6.07, 6.45) is 2.58. The fraction of sp³-hybridized carbons (Fsp3) is 0.231. The van der Waals surface area contributed by atoms with Gasteiger partial charge >= 0.3 is 0 Å². The molecule has 4 rings (SSSR count). The molecule has 0 aliphatic carbocycles. The van der Waals surface area contributed by atoms with E-state index in [1.807, 2.05) is 54.6 Å². The molecule has 0 bridgehead atoms. The number of hydrogen-bond acceptors (Lipinski definition) is 4. The van der Waals surface area contributed by atoms with Crippen molar-refractivity contribution in [1.29, 1.82) is 0 Å². The first-order valence-corrected chi connectivity index (χ1v) is 11.9. The minimum absolute atomic E-state index is 0.152. The predicted octanol–water partition coefficient (Wildman–Crippen LogP) is 3.51. The van der Waals surface area contributed by atoms with Gasteiger partial charge in [0.05, 0.1) is 17.6 Å². The van der Waals surface area contributed by atoms with Crippen LogP contribution < -0.4 is 16.4 Å². The van der Waals surface area contributed by atoms with Crippen molar-refractivity contribution in [3.63, 3.8) is 0 Å². The van der Waals surface area contributed by atoms with Gasteiger partial charge in [0, 0.05) is 29.4 Å². The van der Waals surface area contributed by atoms with Crippen LogP contribution in [0, 0.1) is 0 Å². The Morgan fingerprint density at radius 3 is 2.63 bits per heavy atom. The van der Waals surface area contributed by atoms with Gasteiger partial charge in [-0.1, -0.05) is 48.5 Å². The smallest absolute Gasteiger partial charge is 0.270 e. The van der Waals surface area contributed by atoms with Gasteiger partial charge in [-0.05, 0) is 30.5 Å². The van der Waals surface area contributed by atoms with Crippen molar-refractivity contribution in [3.05, 3.63) is 78.1 Å². The molecule has 0 radical (unpaired) electrons. The van der Waals surface area contributed by atoms with E-state index in [2.05, 4.69) is 25.6 Å². The van der Waals surface area contributed by atoms with Crippen LogP contribution in [0.3, 0.4) is 0 Å². The zero-order valence-electron chi connectivity index (χ0n) is 19.1. The number of pyridine rings is 1. The van der Waals surface area contributed by atoms with Gasteiger partial charge in [-0.2, -0.15) is 0 Å². The van der Waals surface area contributed by atoms with E-state index in [0.717, 1.165) is 27.4 Å². The number of benzene rings is 2. The van der Waals surface area contributed by atoms with Crippen molar-refractivity contribution in [3.8, 4) is 0 Å². The third-order valence-corrected chi connectivity index (χ3v) is 5.93. The topological polar surface area (TPSA) is 125 Å². The Hall–Kier alpha value is -3.91. The van der Waals surface area contributed by atoms with Crippen molar-refractivity contribution in [2.45, 2.75) is 25.4 Å². The summed E-state index contributed by atoms with van der Waals surface area (Å²) in [5.74, 6) is -0.192. The molecule has 0 aliphatic rings. The number of carbonyl (C=O) groups excluding carboxylic acids is 2. The second-order valence-corrected chi connectivity index (χ2v) is 8.43. The van der Waals surface area contributed by atoms with E-state index in [4.69, 9.17) is 17.3 Å². The van der Waals surface area contributed by atoms with E-state index >= 15 is 0 Å². The highest BCUT2D eigenvalue weighted by atomic mass is 35.5. The highest BCUT2D eigenvalue weighted by Crippen LogP contribution is 2.25. The second-order valence-electron chi connectivity index (χ2n) is 8.16. The van der Waals surface area contributed by atoms with E-state index in [-0.39, 0.29) is 17.5 Å². The Kier molecular flexibility index (Phi) is 7.95. The number of rotatable bonds is 10. The van der Waals surface area contributed by atoms with Gasteiger partial charge in [0.1, 0.15) is 17.6 Å². The summed E-state index contributed by atoms with van der Waals surface area (Å²) in [6, 6.07) is 18.4. The number of nitrogens with two attached hydrogens (primary N) is 1. The highest BCUT2D eigenvalue weighted by Gasteiger charge is 2.22. The monoisotopic (exact) mass is 490 g/mol. The number of aromatic amines is 1.